The second-order valence-electron chi connectivity index (χ2n) is 5.48. The Labute approximate surface area is 122 Å². The van der Waals surface area contributed by atoms with Gasteiger partial charge < -0.3 is 14.7 Å². The van der Waals surface area contributed by atoms with E-state index >= 15 is 0 Å². The first-order chi connectivity index (χ1) is 10.1. The molecule has 0 saturated carbocycles. The SMILES string of the molecule is COc1cc2c(N3CCC(O)C(C)C3)ncnc2cc1F. The van der Waals surface area contributed by atoms with Gasteiger partial charge in [-0.25, -0.2) is 14.4 Å². The molecule has 1 fully saturated rings. The molecule has 1 aliphatic heterocycles. The quantitative estimate of drug-likeness (QED) is 0.917. The molecule has 21 heavy (non-hydrogen) atoms. The molecular formula is C15H18FN3O2. The van der Waals surface area contributed by atoms with Crippen molar-refractivity contribution in [3.05, 3.63) is 24.3 Å². The van der Waals surface area contributed by atoms with Crippen LogP contribution < -0.4 is 9.64 Å². The number of anilines is 1. The van der Waals surface area contributed by atoms with E-state index in [2.05, 4.69) is 14.9 Å². The summed E-state index contributed by atoms with van der Waals surface area (Å²) in [6.07, 6.45) is 1.87. The third-order valence-corrected chi connectivity index (χ3v) is 4.05. The largest absolute Gasteiger partial charge is 0.494 e. The van der Waals surface area contributed by atoms with Crippen molar-refractivity contribution < 1.29 is 14.2 Å². The lowest BCUT2D eigenvalue weighted by Gasteiger charge is -2.35. The first-order valence-electron chi connectivity index (χ1n) is 7.01. The minimum Gasteiger partial charge on any atom is -0.494 e. The van der Waals surface area contributed by atoms with E-state index in [1.807, 2.05) is 6.92 Å². The van der Waals surface area contributed by atoms with E-state index in [4.69, 9.17) is 4.74 Å². The molecule has 1 N–H and O–H groups in total. The van der Waals surface area contributed by atoms with Crippen molar-refractivity contribution in [2.24, 2.45) is 5.92 Å². The summed E-state index contributed by atoms with van der Waals surface area (Å²) in [5, 5.41) is 10.6. The van der Waals surface area contributed by atoms with Crippen LogP contribution in [0.2, 0.25) is 0 Å². The van der Waals surface area contributed by atoms with Crippen molar-refractivity contribution in [2.45, 2.75) is 19.4 Å². The first kappa shape index (κ1) is 14.0. The summed E-state index contributed by atoms with van der Waals surface area (Å²) in [5.41, 5.74) is 0.553. The van der Waals surface area contributed by atoms with Crippen LogP contribution in [0, 0.1) is 11.7 Å². The van der Waals surface area contributed by atoms with E-state index in [0.29, 0.717) is 18.5 Å². The van der Waals surface area contributed by atoms with Crippen LogP contribution >= 0.6 is 0 Å². The van der Waals surface area contributed by atoms with Gasteiger partial charge in [-0.15, -0.1) is 0 Å². The molecule has 0 spiro atoms. The Bertz CT molecular complexity index is 665. The third-order valence-electron chi connectivity index (χ3n) is 4.05. The lowest BCUT2D eigenvalue weighted by Crippen LogP contribution is -2.42. The molecule has 2 heterocycles. The highest BCUT2D eigenvalue weighted by atomic mass is 19.1. The van der Waals surface area contributed by atoms with E-state index in [-0.39, 0.29) is 17.8 Å². The zero-order valence-electron chi connectivity index (χ0n) is 12.1. The number of ether oxygens (including phenoxy) is 1. The number of hydrogen-bond acceptors (Lipinski definition) is 5. The Morgan fingerprint density at radius 1 is 1.38 bits per heavy atom. The van der Waals surface area contributed by atoms with Gasteiger partial charge in [-0.3, -0.25) is 0 Å². The van der Waals surface area contributed by atoms with Crippen molar-refractivity contribution in [3.8, 4) is 5.75 Å². The Kier molecular flexibility index (Phi) is 3.63. The van der Waals surface area contributed by atoms with Gasteiger partial charge in [0.1, 0.15) is 12.1 Å². The average Bonchev–Trinajstić information content (AvgIpc) is 2.48. The molecule has 1 aromatic heterocycles. The van der Waals surface area contributed by atoms with Crippen LogP contribution in [-0.2, 0) is 0 Å². The highest BCUT2D eigenvalue weighted by Crippen LogP contribution is 2.31. The predicted octanol–water partition coefficient (Wildman–Crippen LogP) is 1.98. The van der Waals surface area contributed by atoms with Gasteiger partial charge in [-0.1, -0.05) is 6.92 Å². The fourth-order valence-electron chi connectivity index (χ4n) is 2.78. The fourth-order valence-corrected chi connectivity index (χ4v) is 2.78. The number of nitrogens with zero attached hydrogens (tertiary/aromatic N) is 3. The summed E-state index contributed by atoms with van der Waals surface area (Å²) >= 11 is 0. The van der Waals surface area contributed by atoms with Gasteiger partial charge in [0.2, 0.25) is 0 Å². The molecule has 1 saturated heterocycles. The number of rotatable bonds is 2. The highest BCUT2D eigenvalue weighted by molar-refractivity contribution is 5.90. The van der Waals surface area contributed by atoms with Crippen LogP contribution in [0.5, 0.6) is 5.75 Å². The van der Waals surface area contributed by atoms with E-state index < -0.39 is 5.82 Å². The number of piperidine rings is 1. The normalized spacial score (nSPS) is 22.6. The Hall–Kier alpha value is -1.95. The van der Waals surface area contributed by atoms with Crippen molar-refractivity contribution in [1.82, 2.24) is 9.97 Å². The third kappa shape index (κ3) is 2.51. The second-order valence-corrected chi connectivity index (χ2v) is 5.48. The van der Waals surface area contributed by atoms with Crippen LogP contribution in [0.1, 0.15) is 13.3 Å². The molecule has 3 rings (SSSR count). The lowest BCUT2D eigenvalue weighted by atomic mass is 9.96. The Morgan fingerprint density at radius 3 is 2.90 bits per heavy atom. The van der Waals surface area contributed by atoms with Crippen LogP contribution in [-0.4, -0.2) is 41.4 Å². The number of hydrogen-bond donors (Lipinski definition) is 1. The summed E-state index contributed by atoms with van der Waals surface area (Å²) in [6.45, 7) is 3.45. The molecular weight excluding hydrogens is 273 g/mol. The predicted molar refractivity (Wildman–Crippen MR) is 78.0 cm³/mol. The molecule has 5 nitrogen and oxygen atoms in total. The van der Waals surface area contributed by atoms with Crippen LogP contribution in [0.4, 0.5) is 10.2 Å². The van der Waals surface area contributed by atoms with Gasteiger partial charge in [0.05, 0.1) is 18.7 Å². The number of halogens is 1. The van der Waals surface area contributed by atoms with E-state index in [1.165, 1.54) is 19.5 Å². The van der Waals surface area contributed by atoms with Crippen molar-refractivity contribution in [2.75, 3.05) is 25.1 Å². The monoisotopic (exact) mass is 291 g/mol. The second kappa shape index (κ2) is 5.44. The smallest absolute Gasteiger partial charge is 0.167 e. The molecule has 0 amide bonds. The molecule has 0 radical (unpaired) electrons. The van der Waals surface area contributed by atoms with Gasteiger partial charge >= 0.3 is 0 Å². The van der Waals surface area contributed by atoms with Crippen molar-refractivity contribution in [3.63, 3.8) is 0 Å². The summed E-state index contributed by atoms with van der Waals surface area (Å²) in [7, 11) is 1.44. The number of aliphatic hydroxyl groups is 1. The highest BCUT2D eigenvalue weighted by Gasteiger charge is 2.26. The zero-order chi connectivity index (χ0) is 15.0. The molecule has 2 unspecified atom stereocenters. The maximum absolute atomic E-state index is 13.8. The molecule has 0 bridgehead atoms. The number of aliphatic hydroxyl groups excluding tert-OH is 1. The van der Waals surface area contributed by atoms with Gasteiger partial charge in [-0.05, 0) is 18.4 Å². The van der Waals surface area contributed by atoms with E-state index in [9.17, 15) is 9.50 Å². The topological polar surface area (TPSA) is 58.5 Å². The molecule has 6 heteroatoms. The molecule has 1 aromatic carbocycles. The minimum absolute atomic E-state index is 0.172. The van der Waals surface area contributed by atoms with Crippen molar-refractivity contribution >= 4 is 16.7 Å². The fraction of sp³-hybridized carbons (Fsp3) is 0.467. The summed E-state index contributed by atoms with van der Waals surface area (Å²) in [4.78, 5) is 10.6. The average molecular weight is 291 g/mol. The van der Waals surface area contributed by atoms with E-state index in [1.54, 1.807) is 6.07 Å². The summed E-state index contributed by atoms with van der Waals surface area (Å²) in [6, 6.07) is 3.00. The van der Waals surface area contributed by atoms with Gasteiger partial charge in [0.25, 0.3) is 0 Å². The van der Waals surface area contributed by atoms with Crippen molar-refractivity contribution in [1.29, 1.82) is 0 Å². The zero-order valence-corrected chi connectivity index (χ0v) is 12.1. The molecule has 112 valence electrons. The first-order valence-corrected chi connectivity index (χ1v) is 7.01. The Balaban J connectivity index is 2.06. The standard InChI is InChI=1S/C15H18FN3O2/c1-9-7-19(4-3-13(9)20)15-10-5-14(21-2)11(16)6-12(10)17-8-18-15/h5-6,8-9,13,20H,3-4,7H2,1-2H3. The lowest BCUT2D eigenvalue weighted by molar-refractivity contribution is 0.0969. The van der Waals surface area contributed by atoms with Crippen LogP contribution in [0.15, 0.2) is 18.5 Å². The summed E-state index contributed by atoms with van der Waals surface area (Å²) in [5.74, 6) is 0.684. The minimum atomic E-state index is -0.433. The molecule has 2 aromatic rings. The maximum Gasteiger partial charge on any atom is 0.167 e. The number of benzene rings is 1. The van der Waals surface area contributed by atoms with Gasteiger partial charge in [-0.2, -0.15) is 0 Å². The molecule has 1 aliphatic rings. The molecule has 0 aliphatic carbocycles. The molecule has 2 atom stereocenters. The number of aromatic nitrogens is 2. The van der Waals surface area contributed by atoms with Crippen LogP contribution in [0.3, 0.4) is 0 Å². The van der Waals surface area contributed by atoms with E-state index in [0.717, 1.165) is 17.7 Å². The number of methoxy groups -OCH3 is 1. The Morgan fingerprint density at radius 2 is 2.19 bits per heavy atom. The van der Waals surface area contributed by atoms with Gasteiger partial charge in [0, 0.05) is 24.5 Å². The summed E-state index contributed by atoms with van der Waals surface area (Å²) < 4.78 is 18.8. The number of fused-ring (bicyclic) bond motifs is 1. The van der Waals surface area contributed by atoms with Gasteiger partial charge in [0.15, 0.2) is 11.6 Å². The maximum atomic E-state index is 13.8. The van der Waals surface area contributed by atoms with Crippen LogP contribution in [0.25, 0.3) is 10.9 Å².